The Balaban J connectivity index is 2.16. The first-order chi connectivity index (χ1) is 9.71. The van der Waals surface area contributed by atoms with Crippen LogP contribution in [-0.4, -0.2) is 7.11 Å². The second-order valence-electron chi connectivity index (χ2n) is 3.95. The van der Waals surface area contributed by atoms with Gasteiger partial charge in [0.05, 0.1) is 12.0 Å². The van der Waals surface area contributed by atoms with Crippen LogP contribution >= 0.6 is 27.7 Å². The highest BCUT2D eigenvalue weighted by Gasteiger charge is 2.01. The zero-order valence-corrected chi connectivity index (χ0v) is 13.2. The van der Waals surface area contributed by atoms with Crippen LogP contribution in [0, 0.1) is 11.3 Å². The normalized spacial score (nSPS) is 10.9. The van der Waals surface area contributed by atoms with Crippen molar-refractivity contribution in [2.45, 2.75) is 4.90 Å². The number of nitriles is 1. The summed E-state index contributed by atoms with van der Waals surface area (Å²) in [7, 11) is 1.63. The van der Waals surface area contributed by atoms with E-state index in [0.717, 1.165) is 20.7 Å². The Morgan fingerprint density at radius 3 is 2.35 bits per heavy atom. The minimum Gasteiger partial charge on any atom is -0.497 e. The Morgan fingerprint density at radius 2 is 1.80 bits per heavy atom. The Hall–Kier alpha value is -1.70. The molecule has 2 rings (SSSR count). The standard InChI is InChI=1S/C16H12BrNOS/c1-19-14-6-2-12(3-7-14)10-16(11-18)20-15-8-4-13(17)5-9-15/h2-10H,1H3/b16-10-. The number of nitrogens with zero attached hydrogens (tertiary/aromatic N) is 1. The van der Waals surface area contributed by atoms with Crippen LogP contribution in [0.2, 0.25) is 0 Å². The molecular weight excluding hydrogens is 334 g/mol. The van der Waals surface area contributed by atoms with E-state index in [0.29, 0.717) is 4.91 Å². The molecule has 0 aromatic heterocycles. The summed E-state index contributed by atoms with van der Waals surface area (Å²) < 4.78 is 6.14. The Bertz CT molecular complexity index is 642. The van der Waals surface area contributed by atoms with Crippen molar-refractivity contribution in [1.29, 1.82) is 5.26 Å². The second-order valence-corrected chi connectivity index (χ2v) is 5.98. The zero-order chi connectivity index (χ0) is 14.4. The van der Waals surface area contributed by atoms with Crippen LogP contribution in [-0.2, 0) is 0 Å². The van der Waals surface area contributed by atoms with Gasteiger partial charge in [-0.25, -0.2) is 0 Å². The molecule has 0 unspecified atom stereocenters. The molecule has 2 aromatic rings. The average molecular weight is 346 g/mol. The molecule has 0 aliphatic carbocycles. The smallest absolute Gasteiger partial charge is 0.118 e. The third kappa shape index (κ3) is 4.16. The number of hydrogen-bond donors (Lipinski definition) is 0. The van der Waals surface area contributed by atoms with E-state index in [9.17, 15) is 5.26 Å². The van der Waals surface area contributed by atoms with Gasteiger partial charge in [-0.15, -0.1) is 0 Å². The molecule has 0 aliphatic rings. The summed E-state index contributed by atoms with van der Waals surface area (Å²) in [5.41, 5.74) is 0.979. The fraction of sp³-hybridized carbons (Fsp3) is 0.0625. The van der Waals surface area contributed by atoms with Crippen molar-refractivity contribution in [2.75, 3.05) is 7.11 Å². The van der Waals surface area contributed by atoms with Gasteiger partial charge in [0.1, 0.15) is 11.8 Å². The topological polar surface area (TPSA) is 33.0 Å². The first-order valence-corrected chi connectivity index (χ1v) is 7.51. The van der Waals surface area contributed by atoms with Gasteiger partial charge in [0.15, 0.2) is 0 Å². The lowest BCUT2D eigenvalue weighted by atomic mass is 10.2. The highest BCUT2D eigenvalue weighted by molar-refractivity contribution is 9.10. The molecule has 20 heavy (non-hydrogen) atoms. The molecule has 2 nitrogen and oxygen atoms in total. The summed E-state index contributed by atoms with van der Waals surface area (Å²) in [5.74, 6) is 0.807. The average Bonchev–Trinajstić information content (AvgIpc) is 2.49. The maximum absolute atomic E-state index is 9.23. The lowest BCUT2D eigenvalue weighted by Crippen LogP contribution is -1.82. The minimum atomic E-state index is 0.650. The summed E-state index contributed by atoms with van der Waals surface area (Å²) in [6, 6.07) is 17.7. The quantitative estimate of drug-likeness (QED) is 0.569. The highest BCUT2D eigenvalue weighted by atomic mass is 79.9. The lowest BCUT2D eigenvalue weighted by Gasteiger charge is -2.02. The van der Waals surface area contributed by atoms with Gasteiger partial charge in [-0.2, -0.15) is 5.26 Å². The van der Waals surface area contributed by atoms with E-state index in [1.807, 2.05) is 54.6 Å². The zero-order valence-electron chi connectivity index (χ0n) is 10.8. The van der Waals surface area contributed by atoms with E-state index in [2.05, 4.69) is 22.0 Å². The van der Waals surface area contributed by atoms with E-state index in [4.69, 9.17) is 4.74 Å². The number of halogens is 1. The molecule has 0 radical (unpaired) electrons. The molecule has 0 amide bonds. The minimum absolute atomic E-state index is 0.650. The molecule has 4 heteroatoms. The summed E-state index contributed by atoms with van der Waals surface area (Å²) in [5, 5.41) is 9.23. The van der Waals surface area contributed by atoms with Crippen molar-refractivity contribution in [1.82, 2.24) is 0 Å². The summed E-state index contributed by atoms with van der Waals surface area (Å²) in [6.45, 7) is 0. The van der Waals surface area contributed by atoms with Crippen LogP contribution in [0.15, 0.2) is 62.8 Å². The number of allylic oxidation sites excluding steroid dienone is 1. The number of ether oxygens (including phenoxy) is 1. The van der Waals surface area contributed by atoms with Gasteiger partial charge >= 0.3 is 0 Å². The molecule has 100 valence electrons. The predicted molar refractivity (Wildman–Crippen MR) is 86.6 cm³/mol. The van der Waals surface area contributed by atoms with Gasteiger partial charge in [-0.1, -0.05) is 39.8 Å². The fourth-order valence-electron chi connectivity index (χ4n) is 1.57. The molecule has 0 aliphatic heterocycles. The highest BCUT2D eigenvalue weighted by Crippen LogP contribution is 2.29. The number of rotatable bonds is 4. The SMILES string of the molecule is COc1ccc(/C=C(/C#N)Sc2ccc(Br)cc2)cc1. The monoisotopic (exact) mass is 345 g/mol. The van der Waals surface area contributed by atoms with Crippen molar-refractivity contribution < 1.29 is 4.74 Å². The number of hydrogen-bond acceptors (Lipinski definition) is 3. The van der Waals surface area contributed by atoms with Crippen molar-refractivity contribution in [3.8, 4) is 11.8 Å². The molecule has 0 bridgehead atoms. The number of benzene rings is 2. The fourth-order valence-corrected chi connectivity index (χ4v) is 2.60. The maximum Gasteiger partial charge on any atom is 0.118 e. The molecule has 0 saturated heterocycles. The maximum atomic E-state index is 9.23. The molecule has 2 aromatic carbocycles. The largest absolute Gasteiger partial charge is 0.497 e. The van der Waals surface area contributed by atoms with Gasteiger partial charge < -0.3 is 4.74 Å². The molecule has 0 N–H and O–H groups in total. The Morgan fingerprint density at radius 1 is 1.15 bits per heavy atom. The van der Waals surface area contributed by atoms with Gasteiger partial charge in [0.25, 0.3) is 0 Å². The van der Waals surface area contributed by atoms with Crippen LogP contribution in [0.1, 0.15) is 5.56 Å². The summed E-state index contributed by atoms with van der Waals surface area (Å²) in [4.78, 5) is 1.69. The summed E-state index contributed by atoms with van der Waals surface area (Å²) >= 11 is 4.85. The number of thioether (sulfide) groups is 1. The van der Waals surface area contributed by atoms with Gasteiger partial charge in [0.2, 0.25) is 0 Å². The van der Waals surface area contributed by atoms with Crippen molar-refractivity contribution in [3.63, 3.8) is 0 Å². The molecule has 0 heterocycles. The predicted octanol–water partition coefficient (Wildman–Crippen LogP) is 5.11. The van der Waals surface area contributed by atoms with E-state index in [1.165, 1.54) is 11.8 Å². The molecule has 0 fully saturated rings. The Labute approximate surface area is 131 Å². The van der Waals surface area contributed by atoms with E-state index >= 15 is 0 Å². The second kappa shape index (κ2) is 7.18. The third-order valence-corrected chi connectivity index (χ3v) is 4.03. The van der Waals surface area contributed by atoms with Gasteiger partial charge in [-0.3, -0.25) is 0 Å². The van der Waals surface area contributed by atoms with Crippen LogP contribution in [0.25, 0.3) is 6.08 Å². The van der Waals surface area contributed by atoms with Crippen molar-refractivity contribution in [3.05, 3.63) is 63.5 Å². The molecular formula is C16H12BrNOS. The Kier molecular flexibility index (Phi) is 5.28. The molecule has 0 atom stereocenters. The summed E-state index contributed by atoms with van der Waals surface area (Å²) in [6.07, 6.45) is 1.87. The van der Waals surface area contributed by atoms with Crippen molar-refractivity contribution >= 4 is 33.8 Å². The third-order valence-electron chi connectivity index (χ3n) is 2.57. The molecule has 0 saturated carbocycles. The number of methoxy groups -OCH3 is 1. The lowest BCUT2D eigenvalue weighted by molar-refractivity contribution is 0.415. The van der Waals surface area contributed by atoms with Gasteiger partial charge in [-0.05, 0) is 48.0 Å². The van der Waals surface area contributed by atoms with Crippen molar-refractivity contribution in [2.24, 2.45) is 0 Å². The first kappa shape index (κ1) is 14.7. The van der Waals surface area contributed by atoms with E-state index < -0.39 is 0 Å². The van der Waals surface area contributed by atoms with Crippen LogP contribution in [0.3, 0.4) is 0 Å². The first-order valence-electron chi connectivity index (χ1n) is 5.90. The van der Waals surface area contributed by atoms with Crippen LogP contribution in [0.5, 0.6) is 5.75 Å². The van der Waals surface area contributed by atoms with E-state index in [1.54, 1.807) is 7.11 Å². The molecule has 0 spiro atoms. The van der Waals surface area contributed by atoms with Crippen LogP contribution < -0.4 is 4.74 Å². The van der Waals surface area contributed by atoms with E-state index in [-0.39, 0.29) is 0 Å². The van der Waals surface area contributed by atoms with Gasteiger partial charge in [0, 0.05) is 9.37 Å². The van der Waals surface area contributed by atoms with Crippen LogP contribution in [0.4, 0.5) is 0 Å².